The van der Waals surface area contributed by atoms with E-state index in [2.05, 4.69) is 0 Å². The molecule has 0 saturated heterocycles. The summed E-state index contributed by atoms with van der Waals surface area (Å²) in [5, 5.41) is 10.4. The van der Waals surface area contributed by atoms with Gasteiger partial charge < -0.3 is 20.3 Å². The van der Waals surface area contributed by atoms with Crippen molar-refractivity contribution in [1.82, 2.24) is 0 Å². The van der Waals surface area contributed by atoms with E-state index < -0.39 is 6.10 Å². The van der Waals surface area contributed by atoms with E-state index in [4.69, 9.17) is 15.2 Å². The van der Waals surface area contributed by atoms with E-state index in [1.807, 2.05) is 48.5 Å². The predicted molar refractivity (Wildman–Crippen MR) is 80.5 cm³/mol. The van der Waals surface area contributed by atoms with E-state index in [0.29, 0.717) is 31.1 Å². The average Bonchev–Trinajstić information content (AvgIpc) is 2.54. The minimum Gasteiger partial charge on any atom is -0.486 e. The summed E-state index contributed by atoms with van der Waals surface area (Å²) >= 11 is 0. The summed E-state index contributed by atoms with van der Waals surface area (Å²) in [5.41, 5.74) is 8.00. The predicted octanol–water partition coefficient (Wildman–Crippen LogP) is 2.06. The van der Waals surface area contributed by atoms with Crippen molar-refractivity contribution in [2.24, 2.45) is 5.73 Å². The van der Waals surface area contributed by atoms with E-state index in [1.54, 1.807) is 0 Å². The van der Waals surface area contributed by atoms with Gasteiger partial charge in [-0.05, 0) is 29.7 Å². The molecule has 0 aromatic heterocycles. The van der Waals surface area contributed by atoms with Crippen LogP contribution in [-0.4, -0.2) is 24.4 Å². The summed E-state index contributed by atoms with van der Waals surface area (Å²) in [6.07, 6.45) is -0.114. The van der Waals surface area contributed by atoms with Crippen LogP contribution in [0.4, 0.5) is 0 Å². The fourth-order valence-electron chi connectivity index (χ4n) is 2.49. The summed E-state index contributed by atoms with van der Waals surface area (Å²) in [4.78, 5) is 0. The van der Waals surface area contributed by atoms with E-state index in [0.717, 1.165) is 11.1 Å². The van der Waals surface area contributed by atoms with Crippen molar-refractivity contribution in [2.75, 3.05) is 13.2 Å². The van der Waals surface area contributed by atoms with Crippen LogP contribution in [0.1, 0.15) is 17.2 Å². The summed E-state index contributed by atoms with van der Waals surface area (Å²) in [6, 6.07) is 15.0. The third kappa shape index (κ3) is 3.17. The fourth-order valence-corrected chi connectivity index (χ4v) is 2.49. The molecule has 0 radical (unpaired) electrons. The molecule has 0 spiro atoms. The van der Waals surface area contributed by atoms with Crippen molar-refractivity contribution in [3.05, 3.63) is 59.7 Å². The summed E-state index contributed by atoms with van der Waals surface area (Å²) in [5.74, 6) is 1.39. The van der Waals surface area contributed by atoms with Gasteiger partial charge in [-0.1, -0.05) is 36.4 Å². The van der Waals surface area contributed by atoms with Crippen LogP contribution in [0.5, 0.6) is 11.5 Å². The molecule has 110 valence electrons. The smallest absolute Gasteiger partial charge is 0.161 e. The Kier molecular flexibility index (Phi) is 4.08. The minimum atomic E-state index is -0.735. The zero-order valence-corrected chi connectivity index (χ0v) is 11.7. The Balaban J connectivity index is 1.73. The first-order valence-electron chi connectivity index (χ1n) is 7.11. The second kappa shape index (κ2) is 6.16. The monoisotopic (exact) mass is 285 g/mol. The second-order valence-corrected chi connectivity index (χ2v) is 5.20. The molecule has 2 aromatic carbocycles. The van der Waals surface area contributed by atoms with Gasteiger partial charge in [-0.25, -0.2) is 0 Å². The fraction of sp³-hybridized carbons (Fsp3) is 0.294. The van der Waals surface area contributed by atoms with Crippen LogP contribution in [0.25, 0.3) is 0 Å². The standard InChI is InChI=1S/C17H19NO3/c18-14(10-12-4-2-1-3-5-12)17(19)13-6-7-15-16(11-13)21-9-8-20-15/h1-7,11,14,17,19H,8-10,18H2. The van der Waals surface area contributed by atoms with Gasteiger partial charge in [0.1, 0.15) is 13.2 Å². The molecule has 3 N–H and O–H groups in total. The Bertz CT molecular complexity index is 600. The lowest BCUT2D eigenvalue weighted by Gasteiger charge is -2.23. The molecule has 0 aliphatic carbocycles. The molecule has 1 heterocycles. The maximum absolute atomic E-state index is 10.4. The molecule has 1 aliphatic heterocycles. The van der Waals surface area contributed by atoms with Gasteiger partial charge in [0.2, 0.25) is 0 Å². The van der Waals surface area contributed by atoms with Crippen LogP contribution in [0.15, 0.2) is 48.5 Å². The quantitative estimate of drug-likeness (QED) is 0.902. The van der Waals surface area contributed by atoms with Crippen LogP contribution < -0.4 is 15.2 Å². The number of aliphatic hydroxyl groups is 1. The largest absolute Gasteiger partial charge is 0.486 e. The Morgan fingerprint density at radius 1 is 1.00 bits per heavy atom. The molecule has 2 aromatic rings. The molecule has 4 nitrogen and oxygen atoms in total. The van der Waals surface area contributed by atoms with Crippen molar-refractivity contribution in [1.29, 1.82) is 0 Å². The number of benzene rings is 2. The van der Waals surface area contributed by atoms with E-state index in [-0.39, 0.29) is 6.04 Å². The van der Waals surface area contributed by atoms with E-state index >= 15 is 0 Å². The zero-order valence-electron chi connectivity index (χ0n) is 11.7. The number of aliphatic hydroxyl groups excluding tert-OH is 1. The summed E-state index contributed by atoms with van der Waals surface area (Å²) < 4.78 is 11.0. The average molecular weight is 285 g/mol. The van der Waals surface area contributed by atoms with Gasteiger partial charge in [-0.2, -0.15) is 0 Å². The third-order valence-electron chi connectivity index (χ3n) is 3.63. The minimum absolute atomic E-state index is 0.366. The van der Waals surface area contributed by atoms with Crippen LogP contribution in [0.3, 0.4) is 0 Å². The lowest BCUT2D eigenvalue weighted by molar-refractivity contribution is 0.143. The van der Waals surface area contributed by atoms with Crippen LogP contribution >= 0.6 is 0 Å². The highest BCUT2D eigenvalue weighted by Crippen LogP contribution is 2.33. The van der Waals surface area contributed by atoms with Crippen LogP contribution in [0.2, 0.25) is 0 Å². The number of hydrogen-bond acceptors (Lipinski definition) is 4. The highest BCUT2D eigenvalue weighted by molar-refractivity contribution is 5.44. The number of nitrogens with two attached hydrogens (primary N) is 1. The second-order valence-electron chi connectivity index (χ2n) is 5.20. The molecule has 2 unspecified atom stereocenters. The Morgan fingerprint density at radius 3 is 2.48 bits per heavy atom. The maximum atomic E-state index is 10.4. The molecule has 4 heteroatoms. The number of fused-ring (bicyclic) bond motifs is 1. The van der Waals surface area contributed by atoms with Gasteiger partial charge >= 0.3 is 0 Å². The van der Waals surface area contributed by atoms with Gasteiger partial charge in [0.25, 0.3) is 0 Å². The van der Waals surface area contributed by atoms with Crippen LogP contribution in [0, 0.1) is 0 Å². The van der Waals surface area contributed by atoms with E-state index in [1.165, 1.54) is 0 Å². The third-order valence-corrected chi connectivity index (χ3v) is 3.63. The lowest BCUT2D eigenvalue weighted by atomic mass is 9.96. The molecule has 0 saturated carbocycles. The summed E-state index contributed by atoms with van der Waals surface area (Å²) in [7, 11) is 0. The van der Waals surface area contributed by atoms with Crippen molar-refractivity contribution < 1.29 is 14.6 Å². The molecule has 2 atom stereocenters. The number of rotatable bonds is 4. The Labute approximate surface area is 124 Å². The normalized spacial score (nSPS) is 16.3. The Hall–Kier alpha value is -2.04. The molecular formula is C17H19NO3. The van der Waals surface area contributed by atoms with Crippen molar-refractivity contribution >= 4 is 0 Å². The first-order valence-corrected chi connectivity index (χ1v) is 7.11. The van der Waals surface area contributed by atoms with Gasteiger partial charge in [0.15, 0.2) is 11.5 Å². The Morgan fingerprint density at radius 2 is 1.71 bits per heavy atom. The van der Waals surface area contributed by atoms with Gasteiger partial charge in [0.05, 0.1) is 6.10 Å². The molecule has 3 rings (SSSR count). The molecule has 0 fully saturated rings. The van der Waals surface area contributed by atoms with Crippen molar-refractivity contribution in [3.63, 3.8) is 0 Å². The highest BCUT2D eigenvalue weighted by Gasteiger charge is 2.20. The molecule has 21 heavy (non-hydrogen) atoms. The molecule has 0 bridgehead atoms. The lowest BCUT2D eigenvalue weighted by Crippen LogP contribution is -2.30. The topological polar surface area (TPSA) is 64.7 Å². The summed E-state index contributed by atoms with van der Waals surface area (Å²) in [6.45, 7) is 1.09. The van der Waals surface area contributed by atoms with Crippen LogP contribution in [-0.2, 0) is 6.42 Å². The van der Waals surface area contributed by atoms with E-state index in [9.17, 15) is 5.11 Å². The van der Waals surface area contributed by atoms with Gasteiger partial charge in [-0.3, -0.25) is 0 Å². The number of hydrogen-bond donors (Lipinski definition) is 2. The first kappa shape index (κ1) is 13.9. The zero-order chi connectivity index (χ0) is 14.7. The SMILES string of the molecule is NC(Cc1ccccc1)C(O)c1ccc2c(c1)OCCO2. The molecule has 1 aliphatic rings. The van der Waals surface area contributed by atoms with Gasteiger partial charge in [-0.15, -0.1) is 0 Å². The molecular weight excluding hydrogens is 266 g/mol. The first-order chi connectivity index (χ1) is 10.2. The van der Waals surface area contributed by atoms with Gasteiger partial charge in [0, 0.05) is 6.04 Å². The van der Waals surface area contributed by atoms with Crippen molar-refractivity contribution in [3.8, 4) is 11.5 Å². The van der Waals surface area contributed by atoms with Crippen molar-refractivity contribution in [2.45, 2.75) is 18.6 Å². The highest BCUT2D eigenvalue weighted by atomic mass is 16.6. The maximum Gasteiger partial charge on any atom is 0.161 e. The number of ether oxygens (including phenoxy) is 2. The molecule has 0 amide bonds.